The summed E-state index contributed by atoms with van der Waals surface area (Å²) in [4.78, 5) is 15.0. The lowest BCUT2D eigenvalue weighted by molar-refractivity contribution is 0.669. The molecular weight excluding hydrogens is 647 g/mol. The molecule has 246 valence electrons. The van der Waals surface area contributed by atoms with E-state index >= 15 is 0 Å². The van der Waals surface area contributed by atoms with E-state index in [9.17, 15) is 0 Å². The highest BCUT2D eigenvalue weighted by molar-refractivity contribution is 6.25. The third-order valence-corrected chi connectivity index (χ3v) is 10.6. The molecule has 0 aliphatic heterocycles. The fourth-order valence-corrected chi connectivity index (χ4v) is 8.00. The summed E-state index contributed by atoms with van der Waals surface area (Å²) in [7, 11) is 0. The predicted molar refractivity (Wildman–Crippen MR) is 218 cm³/mol. The lowest BCUT2D eigenvalue weighted by atomic mass is 9.91. The Bertz CT molecular complexity index is 3150. The van der Waals surface area contributed by atoms with Crippen LogP contribution in [0, 0.1) is 0 Å². The van der Waals surface area contributed by atoms with E-state index in [-0.39, 0.29) is 0 Å². The van der Waals surface area contributed by atoms with Crippen LogP contribution in [0.2, 0.25) is 0 Å². The van der Waals surface area contributed by atoms with E-state index < -0.39 is 0 Å². The Morgan fingerprint density at radius 1 is 0.377 bits per heavy atom. The van der Waals surface area contributed by atoms with Crippen LogP contribution < -0.4 is 0 Å². The predicted octanol–water partition coefficient (Wildman–Crippen LogP) is 13.0. The highest BCUT2D eigenvalue weighted by atomic mass is 16.3. The Hall–Kier alpha value is -7.17. The Morgan fingerprint density at radius 2 is 1.08 bits per heavy atom. The fourth-order valence-electron chi connectivity index (χ4n) is 8.00. The molecule has 0 saturated carbocycles. The Balaban J connectivity index is 1.09. The van der Waals surface area contributed by atoms with E-state index in [1.165, 1.54) is 32.3 Å². The van der Waals surface area contributed by atoms with Crippen molar-refractivity contribution >= 4 is 54.3 Å². The van der Waals surface area contributed by atoms with Crippen LogP contribution in [0.15, 0.2) is 181 Å². The highest BCUT2D eigenvalue weighted by Gasteiger charge is 2.18. The van der Waals surface area contributed by atoms with Gasteiger partial charge in [0.15, 0.2) is 5.82 Å². The molecule has 0 atom stereocenters. The van der Waals surface area contributed by atoms with Crippen LogP contribution in [-0.4, -0.2) is 15.0 Å². The van der Waals surface area contributed by atoms with Gasteiger partial charge in [0.2, 0.25) is 0 Å². The number of nitrogens with zero attached hydrogens (tertiary/aromatic N) is 3. The summed E-state index contributed by atoms with van der Waals surface area (Å²) in [5.41, 5.74) is 10.9. The van der Waals surface area contributed by atoms with Crippen molar-refractivity contribution in [1.29, 1.82) is 0 Å². The summed E-state index contributed by atoms with van der Waals surface area (Å²) in [5.74, 6) is 0.670. The van der Waals surface area contributed by atoms with E-state index in [0.29, 0.717) is 5.82 Å². The quantitative estimate of drug-likeness (QED) is 0.170. The van der Waals surface area contributed by atoms with Gasteiger partial charge in [0.25, 0.3) is 0 Å². The Labute approximate surface area is 305 Å². The molecule has 4 nitrogen and oxygen atoms in total. The van der Waals surface area contributed by atoms with Gasteiger partial charge in [-0.3, -0.25) is 4.98 Å². The monoisotopic (exact) mass is 675 g/mol. The normalized spacial score (nSPS) is 11.8. The summed E-state index contributed by atoms with van der Waals surface area (Å²) in [6.07, 6.45) is 3.70. The van der Waals surface area contributed by atoms with Crippen molar-refractivity contribution in [2.45, 2.75) is 0 Å². The minimum atomic E-state index is 0.670. The molecule has 11 rings (SSSR count). The number of furan rings is 1. The van der Waals surface area contributed by atoms with Crippen molar-refractivity contribution in [2.75, 3.05) is 0 Å². The van der Waals surface area contributed by atoms with Gasteiger partial charge in [-0.1, -0.05) is 133 Å². The second-order valence-electron chi connectivity index (χ2n) is 13.6. The SMILES string of the molecule is c1cncc(-c2ccccc2-c2nc(-c3ccc(-c4ccc5oc6ccccc6c5c4)cc3)cc(-c3ccc4ccc5cccc6ccc3c4c56)n2)c1. The number of benzene rings is 8. The molecule has 0 unspecified atom stereocenters. The fraction of sp³-hybridized carbons (Fsp3) is 0. The molecule has 0 saturated heterocycles. The van der Waals surface area contributed by atoms with Gasteiger partial charge in [0, 0.05) is 45.4 Å². The highest BCUT2D eigenvalue weighted by Crippen LogP contribution is 2.41. The lowest BCUT2D eigenvalue weighted by Gasteiger charge is -2.16. The molecule has 8 aromatic carbocycles. The van der Waals surface area contributed by atoms with E-state index in [1.54, 1.807) is 6.20 Å². The van der Waals surface area contributed by atoms with Crippen LogP contribution in [0.5, 0.6) is 0 Å². The maximum Gasteiger partial charge on any atom is 0.161 e. The molecule has 3 heterocycles. The van der Waals surface area contributed by atoms with E-state index in [1.807, 2.05) is 24.4 Å². The van der Waals surface area contributed by atoms with Crippen molar-refractivity contribution in [3.63, 3.8) is 0 Å². The smallest absolute Gasteiger partial charge is 0.161 e. The molecule has 3 aromatic heterocycles. The first-order chi connectivity index (χ1) is 26.2. The number of fused-ring (bicyclic) bond motifs is 3. The number of pyridine rings is 1. The second kappa shape index (κ2) is 11.7. The molecule has 0 aliphatic carbocycles. The molecule has 0 bridgehead atoms. The molecule has 0 radical (unpaired) electrons. The largest absolute Gasteiger partial charge is 0.456 e. The molecule has 0 aliphatic rings. The molecule has 0 N–H and O–H groups in total. The third-order valence-electron chi connectivity index (χ3n) is 10.6. The van der Waals surface area contributed by atoms with Crippen molar-refractivity contribution in [3.05, 3.63) is 176 Å². The molecule has 11 aromatic rings. The van der Waals surface area contributed by atoms with Gasteiger partial charge in [-0.2, -0.15) is 0 Å². The molecule has 0 spiro atoms. The minimum absolute atomic E-state index is 0.670. The van der Waals surface area contributed by atoms with Gasteiger partial charge >= 0.3 is 0 Å². The van der Waals surface area contributed by atoms with Crippen LogP contribution in [0.25, 0.3) is 110 Å². The molecular formula is C49H29N3O. The molecule has 4 heteroatoms. The Morgan fingerprint density at radius 3 is 1.92 bits per heavy atom. The van der Waals surface area contributed by atoms with E-state index in [4.69, 9.17) is 14.4 Å². The first-order valence-corrected chi connectivity index (χ1v) is 17.8. The van der Waals surface area contributed by atoms with Gasteiger partial charge in [0.05, 0.1) is 11.4 Å². The van der Waals surface area contributed by atoms with Crippen molar-refractivity contribution in [3.8, 4) is 56.2 Å². The van der Waals surface area contributed by atoms with Crippen LogP contribution in [0.1, 0.15) is 0 Å². The lowest BCUT2D eigenvalue weighted by Crippen LogP contribution is -1.98. The number of rotatable bonds is 5. The van der Waals surface area contributed by atoms with Crippen LogP contribution in [0.4, 0.5) is 0 Å². The van der Waals surface area contributed by atoms with E-state index in [2.05, 4.69) is 151 Å². The first-order valence-electron chi connectivity index (χ1n) is 17.8. The van der Waals surface area contributed by atoms with Gasteiger partial charge in [-0.15, -0.1) is 0 Å². The average molecular weight is 676 g/mol. The zero-order valence-corrected chi connectivity index (χ0v) is 28.5. The maximum atomic E-state index is 6.09. The zero-order valence-electron chi connectivity index (χ0n) is 28.5. The summed E-state index contributed by atoms with van der Waals surface area (Å²) in [6, 6.07) is 57.7. The summed E-state index contributed by atoms with van der Waals surface area (Å²) in [6.45, 7) is 0. The minimum Gasteiger partial charge on any atom is -0.456 e. The van der Waals surface area contributed by atoms with Crippen LogP contribution in [-0.2, 0) is 0 Å². The molecule has 0 amide bonds. The van der Waals surface area contributed by atoms with Gasteiger partial charge in [-0.05, 0) is 79.3 Å². The number of hydrogen-bond donors (Lipinski definition) is 0. The first kappa shape index (κ1) is 29.5. The molecule has 0 fully saturated rings. The van der Waals surface area contributed by atoms with Crippen molar-refractivity contribution < 1.29 is 4.42 Å². The summed E-state index contributed by atoms with van der Waals surface area (Å²) < 4.78 is 6.09. The average Bonchev–Trinajstić information content (AvgIpc) is 3.61. The number of aromatic nitrogens is 3. The zero-order chi connectivity index (χ0) is 34.9. The topological polar surface area (TPSA) is 51.8 Å². The van der Waals surface area contributed by atoms with Gasteiger partial charge in [-0.25, -0.2) is 9.97 Å². The second-order valence-corrected chi connectivity index (χ2v) is 13.6. The summed E-state index contributed by atoms with van der Waals surface area (Å²) >= 11 is 0. The van der Waals surface area contributed by atoms with Gasteiger partial charge in [0.1, 0.15) is 11.2 Å². The van der Waals surface area contributed by atoms with Crippen molar-refractivity contribution in [1.82, 2.24) is 15.0 Å². The van der Waals surface area contributed by atoms with Crippen molar-refractivity contribution in [2.24, 2.45) is 0 Å². The summed E-state index contributed by atoms with van der Waals surface area (Å²) in [5, 5.41) is 9.69. The van der Waals surface area contributed by atoms with Crippen LogP contribution >= 0.6 is 0 Å². The Kier molecular flexibility index (Phi) is 6.52. The maximum absolute atomic E-state index is 6.09. The number of para-hydroxylation sites is 1. The number of hydrogen-bond acceptors (Lipinski definition) is 4. The van der Waals surface area contributed by atoms with Gasteiger partial charge < -0.3 is 4.42 Å². The third kappa shape index (κ3) is 4.80. The van der Waals surface area contributed by atoms with E-state index in [0.717, 1.165) is 72.3 Å². The standard InChI is InChI=1S/C49H29N3O/c1-2-12-41(37(10-1)36-9-6-26-50-29-36)49-51-43(31-16-14-30(15-17-31)35-22-25-46-42(27-35)39-11-3-4-13-45(39)53-46)28-44(52-49)38-23-20-34-19-18-32-7-5-8-33-21-24-40(38)48(34)47(32)33/h1-29H. The van der Waals surface area contributed by atoms with Crippen LogP contribution in [0.3, 0.4) is 0 Å². The molecule has 53 heavy (non-hydrogen) atoms.